The SMILES string of the molecule is C1=NCCc2nn3c(c21)-c1nocc1CCC3. The number of rotatable bonds is 0. The molecule has 0 spiro atoms. The van der Waals surface area contributed by atoms with E-state index >= 15 is 0 Å². The first-order chi connectivity index (χ1) is 8.43. The highest BCUT2D eigenvalue weighted by Gasteiger charge is 2.25. The van der Waals surface area contributed by atoms with Gasteiger partial charge in [0.1, 0.15) is 12.0 Å². The zero-order valence-corrected chi connectivity index (χ0v) is 9.39. The van der Waals surface area contributed by atoms with Crippen LogP contribution < -0.4 is 0 Å². The molecule has 5 nitrogen and oxygen atoms in total. The maximum absolute atomic E-state index is 5.10. The van der Waals surface area contributed by atoms with Crippen molar-refractivity contribution in [3.8, 4) is 11.4 Å². The van der Waals surface area contributed by atoms with Crippen LogP contribution >= 0.6 is 0 Å². The number of fused-ring (bicyclic) bond motifs is 5. The number of aryl methyl sites for hydroxylation is 2. The summed E-state index contributed by atoms with van der Waals surface area (Å²) in [4.78, 5) is 4.35. The average molecular weight is 228 g/mol. The minimum Gasteiger partial charge on any atom is -0.364 e. The van der Waals surface area contributed by atoms with Gasteiger partial charge in [0.25, 0.3) is 0 Å². The molecular weight excluding hydrogens is 216 g/mol. The minimum atomic E-state index is 0.842. The minimum absolute atomic E-state index is 0.842. The fraction of sp³-hybridized carbons (Fsp3) is 0.417. The third-order valence-corrected chi connectivity index (χ3v) is 3.45. The van der Waals surface area contributed by atoms with Crippen molar-refractivity contribution in [1.29, 1.82) is 0 Å². The van der Waals surface area contributed by atoms with Gasteiger partial charge < -0.3 is 4.52 Å². The summed E-state index contributed by atoms with van der Waals surface area (Å²) in [5.74, 6) is 0. The Morgan fingerprint density at radius 2 is 2.29 bits per heavy atom. The molecule has 17 heavy (non-hydrogen) atoms. The van der Waals surface area contributed by atoms with Gasteiger partial charge in [0.05, 0.1) is 11.4 Å². The molecular formula is C12H12N4O. The first kappa shape index (κ1) is 9.15. The third kappa shape index (κ3) is 1.22. The highest BCUT2D eigenvalue weighted by atomic mass is 16.5. The van der Waals surface area contributed by atoms with Crippen molar-refractivity contribution >= 4 is 6.21 Å². The van der Waals surface area contributed by atoms with E-state index in [1.165, 1.54) is 5.56 Å². The van der Waals surface area contributed by atoms with Crippen LogP contribution in [0.25, 0.3) is 11.4 Å². The van der Waals surface area contributed by atoms with E-state index in [2.05, 4.69) is 19.9 Å². The summed E-state index contributed by atoms with van der Waals surface area (Å²) < 4.78 is 7.17. The Balaban J connectivity index is 2.03. The number of hydrogen-bond donors (Lipinski definition) is 0. The van der Waals surface area contributed by atoms with Crippen LogP contribution in [0.15, 0.2) is 15.8 Å². The van der Waals surface area contributed by atoms with Crippen molar-refractivity contribution < 1.29 is 4.52 Å². The lowest BCUT2D eigenvalue weighted by Crippen LogP contribution is -2.02. The monoisotopic (exact) mass is 228 g/mol. The summed E-state index contributed by atoms with van der Waals surface area (Å²) in [5.41, 5.74) is 5.50. The maximum atomic E-state index is 5.10. The molecule has 2 aliphatic rings. The van der Waals surface area contributed by atoms with Crippen molar-refractivity contribution in [2.45, 2.75) is 25.8 Å². The first-order valence-electron chi connectivity index (χ1n) is 5.96. The average Bonchev–Trinajstić information content (AvgIpc) is 2.90. The van der Waals surface area contributed by atoms with Crippen molar-refractivity contribution in [2.75, 3.05) is 6.54 Å². The second-order valence-electron chi connectivity index (χ2n) is 4.51. The lowest BCUT2D eigenvalue weighted by molar-refractivity contribution is 0.418. The van der Waals surface area contributed by atoms with E-state index in [1.807, 2.05) is 6.21 Å². The Labute approximate surface area is 98.1 Å². The first-order valence-corrected chi connectivity index (χ1v) is 5.96. The fourth-order valence-corrected chi connectivity index (χ4v) is 2.63. The Morgan fingerprint density at radius 3 is 3.29 bits per heavy atom. The zero-order chi connectivity index (χ0) is 11.2. The molecule has 5 heteroatoms. The molecule has 4 rings (SSSR count). The zero-order valence-electron chi connectivity index (χ0n) is 9.39. The Kier molecular flexibility index (Phi) is 1.77. The summed E-state index contributed by atoms with van der Waals surface area (Å²) in [6.07, 6.45) is 6.71. The van der Waals surface area contributed by atoms with Gasteiger partial charge in [0.15, 0.2) is 0 Å². The lowest BCUT2D eigenvalue weighted by Gasteiger charge is -2.03. The molecule has 86 valence electrons. The normalized spacial score (nSPS) is 17.2. The number of aliphatic imine (C=N–C) groups is 1. The van der Waals surface area contributed by atoms with Gasteiger partial charge in [0, 0.05) is 36.9 Å². The fourth-order valence-electron chi connectivity index (χ4n) is 2.63. The molecule has 0 radical (unpaired) electrons. The molecule has 2 aromatic rings. The van der Waals surface area contributed by atoms with Crippen LogP contribution in [-0.4, -0.2) is 27.7 Å². The van der Waals surface area contributed by atoms with E-state index < -0.39 is 0 Å². The van der Waals surface area contributed by atoms with Crippen LogP contribution in [-0.2, 0) is 19.4 Å². The predicted octanol–water partition coefficient (Wildman–Crippen LogP) is 1.46. The molecule has 0 fully saturated rings. The van der Waals surface area contributed by atoms with Crippen molar-refractivity contribution in [3.63, 3.8) is 0 Å². The van der Waals surface area contributed by atoms with Gasteiger partial charge in [-0.1, -0.05) is 5.16 Å². The molecule has 0 saturated heterocycles. The van der Waals surface area contributed by atoms with E-state index in [-0.39, 0.29) is 0 Å². The van der Waals surface area contributed by atoms with Gasteiger partial charge in [-0.25, -0.2) is 0 Å². The lowest BCUT2D eigenvalue weighted by atomic mass is 10.0. The Morgan fingerprint density at radius 1 is 1.29 bits per heavy atom. The highest BCUT2D eigenvalue weighted by Crippen LogP contribution is 2.31. The molecule has 4 heterocycles. The third-order valence-electron chi connectivity index (χ3n) is 3.45. The van der Waals surface area contributed by atoms with Crippen LogP contribution in [0.4, 0.5) is 0 Å². The molecule has 0 bridgehead atoms. The molecule has 2 aromatic heterocycles. The van der Waals surface area contributed by atoms with Gasteiger partial charge in [-0.05, 0) is 12.8 Å². The van der Waals surface area contributed by atoms with E-state index in [1.54, 1.807) is 6.26 Å². The van der Waals surface area contributed by atoms with Gasteiger partial charge in [-0.2, -0.15) is 5.10 Å². The van der Waals surface area contributed by atoms with Crippen LogP contribution in [0.2, 0.25) is 0 Å². The maximum Gasteiger partial charge on any atom is 0.135 e. The van der Waals surface area contributed by atoms with E-state index in [4.69, 9.17) is 4.52 Å². The Bertz CT molecular complexity index is 608. The van der Waals surface area contributed by atoms with E-state index in [9.17, 15) is 0 Å². The van der Waals surface area contributed by atoms with Crippen LogP contribution in [0, 0.1) is 0 Å². The summed E-state index contributed by atoms with van der Waals surface area (Å²) in [7, 11) is 0. The van der Waals surface area contributed by atoms with Gasteiger partial charge in [-0.3, -0.25) is 9.67 Å². The second-order valence-corrected chi connectivity index (χ2v) is 4.51. The van der Waals surface area contributed by atoms with Crippen molar-refractivity contribution in [1.82, 2.24) is 14.9 Å². The molecule has 0 unspecified atom stereocenters. The number of aromatic nitrogens is 3. The topological polar surface area (TPSA) is 56.2 Å². The summed E-state index contributed by atoms with van der Waals surface area (Å²) in [6.45, 7) is 1.79. The molecule has 0 amide bonds. The molecule has 0 atom stereocenters. The predicted molar refractivity (Wildman–Crippen MR) is 62.2 cm³/mol. The molecule has 2 aliphatic heterocycles. The molecule has 0 aliphatic carbocycles. The molecule has 0 saturated carbocycles. The van der Waals surface area contributed by atoms with Crippen LogP contribution in [0.3, 0.4) is 0 Å². The number of hydrogen-bond acceptors (Lipinski definition) is 4. The summed E-state index contributed by atoms with van der Waals surface area (Å²) in [5, 5.41) is 8.81. The van der Waals surface area contributed by atoms with Crippen LogP contribution in [0.5, 0.6) is 0 Å². The van der Waals surface area contributed by atoms with Gasteiger partial charge in [-0.15, -0.1) is 0 Å². The largest absolute Gasteiger partial charge is 0.364 e. The smallest absolute Gasteiger partial charge is 0.135 e. The standard InChI is InChI=1S/C12H12N4O/c1-2-8-7-17-15-11(8)12-9-6-13-4-3-10(9)14-16(12)5-1/h6-7H,1-5H2. The van der Waals surface area contributed by atoms with Crippen molar-refractivity contribution in [3.05, 3.63) is 23.1 Å². The number of nitrogens with zero attached hydrogens (tertiary/aromatic N) is 4. The second kappa shape index (κ2) is 3.29. The van der Waals surface area contributed by atoms with Crippen molar-refractivity contribution in [2.24, 2.45) is 4.99 Å². The summed E-state index contributed by atoms with van der Waals surface area (Å²) >= 11 is 0. The Hall–Kier alpha value is -1.91. The highest BCUT2D eigenvalue weighted by molar-refractivity contribution is 5.91. The van der Waals surface area contributed by atoms with Crippen LogP contribution in [0.1, 0.15) is 23.2 Å². The van der Waals surface area contributed by atoms with Gasteiger partial charge >= 0.3 is 0 Å². The molecule has 0 aromatic carbocycles. The quantitative estimate of drug-likeness (QED) is 0.686. The van der Waals surface area contributed by atoms with E-state index in [0.717, 1.165) is 55.0 Å². The van der Waals surface area contributed by atoms with E-state index in [0.29, 0.717) is 0 Å². The van der Waals surface area contributed by atoms with Gasteiger partial charge in [0.2, 0.25) is 0 Å². The molecule has 0 N–H and O–H groups in total. The summed E-state index contributed by atoms with van der Waals surface area (Å²) in [6, 6.07) is 0.